The third-order valence-corrected chi connectivity index (χ3v) is 4.13. The topological polar surface area (TPSA) is 67.9 Å². The third-order valence-electron chi connectivity index (χ3n) is 4.13. The average Bonchev–Trinajstić information content (AvgIpc) is 2.67. The standard InChI is InChI=1S/C20H21FN2O4/c1-14-12-23(10-11-26-14)20(25)15-2-6-17(7-3-15)22-19(24)13-27-18-8-4-16(21)5-9-18/h2-9,14H,10-13H2,1H3,(H,22,24). The maximum atomic E-state index is 12.8. The molecule has 27 heavy (non-hydrogen) atoms. The van der Waals surface area contributed by atoms with Crippen LogP contribution in [0.1, 0.15) is 17.3 Å². The Labute approximate surface area is 156 Å². The van der Waals surface area contributed by atoms with E-state index < -0.39 is 0 Å². The van der Waals surface area contributed by atoms with Gasteiger partial charge in [-0.05, 0) is 55.5 Å². The van der Waals surface area contributed by atoms with E-state index in [1.807, 2.05) is 6.92 Å². The summed E-state index contributed by atoms with van der Waals surface area (Å²) in [4.78, 5) is 26.2. The van der Waals surface area contributed by atoms with Crippen LogP contribution in [0.4, 0.5) is 10.1 Å². The van der Waals surface area contributed by atoms with Gasteiger partial charge in [0.1, 0.15) is 11.6 Å². The summed E-state index contributed by atoms with van der Waals surface area (Å²) >= 11 is 0. The largest absolute Gasteiger partial charge is 0.484 e. The van der Waals surface area contributed by atoms with Crippen molar-refractivity contribution in [3.05, 3.63) is 59.9 Å². The van der Waals surface area contributed by atoms with E-state index in [4.69, 9.17) is 9.47 Å². The number of nitrogens with zero attached hydrogens (tertiary/aromatic N) is 1. The molecule has 1 fully saturated rings. The van der Waals surface area contributed by atoms with Gasteiger partial charge in [-0.1, -0.05) is 0 Å². The molecule has 1 aliphatic heterocycles. The Morgan fingerprint density at radius 2 is 1.89 bits per heavy atom. The minimum Gasteiger partial charge on any atom is -0.484 e. The first-order valence-corrected chi connectivity index (χ1v) is 8.70. The fourth-order valence-electron chi connectivity index (χ4n) is 2.76. The van der Waals surface area contributed by atoms with Crippen molar-refractivity contribution in [3.63, 3.8) is 0 Å². The zero-order valence-electron chi connectivity index (χ0n) is 15.0. The maximum Gasteiger partial charge on any atom is 0.262 e. The first-order chi connectivity index (χ1) is 13.0. The van der Waals surface area contributed by atoms with Crippen LogP contribution in [0.15, 0.2) is 48.5 Å². The van der Waals surface area contributed by atoms with Gasteiger partial charge in [0.25, 0.3) is 11.8 Å². The molecule has 0 saturated carbocycles. The predicted octanol–water partition coefficient (Wildman–Crippen LogP) is 2.70. The van der Waals surface area contributed by atoms with Gasteiger partial charge >= 0.3 is 0 Å². The summed E-state index contributed by atoms with van der Waals surface area (Å²) in [5.41, 5.74) is 1.12. The lowest BCUT2D eigenvalue weighted by atomic mass is 10.1. The molecule has 142 valence electrons. The molecule has 1 saturated heterocycles. The number of nitrogens with one attached hydrogen (secondary N) is 1. The highest BCUT2D eigenvalue weighted by atomic mass is 19.1. The molecular formula is C20H21FN2O4. The van der Waals surface area contributed by atoms with Gasteiger partial charge < -0.3 is 19.7 Å². The molecule has 1 aliphatic rings. The number of amides is 2. The van der Waals surface area contributed by atoms with Gasteiger partial charge in [0.2, 0.25) is 0 Å². The number of anilines is 1. The normalized spacial score (nSPS) is 16.7. The van der Waals surface area contributed by atoms with E-state index in [2.05, 4.69) is 5.32 Å². The number of carbonyl (C=O) groups excluding carboxylic acids is 2. The molecule has 0 spiro atoms. The van der Waals surface area contributed by atoms with Crippen molar-refractivity contribution in [2.24, 2.45) is 0 Å². The summed E-state index contributed by atoms with van der Waals surface area (Å²) in [6, 6.07) is 12.1. The lowest BCUT2D eigenvalue weighted by Gasteiger charge is -2.31. The van der Waals surface area contributed by atoms with Gasteiger partial charge in [0.15, 0.2) is 6.61 Å². The fourth-order valence-corrected chi connectivity index (χ4v) is 2.76. The maximum absolute atomic E-state index is 12.8. The zero-order chi connectivity index (χ0) is 19.2. The SMILES string of the molecule is CC1CN(C(=O)c2ccc(NC(=O)COc3ccc(F)cc3)cc2)CCO1. The van der Waals surface area contributed by atoms with Crippen molar-refractivity contribution < 1.29 is 23.5 Å². The Morgan fingerprint density at radius 1 is 1.19 bits per heavy atom. The summed E-state index contributed by atoms with van der Waals surface area (Å²) in [6.45, 7) is 3.42. The van der Waals surface area contributed by atoms with Crippen LogP contribution in [0, 0.1) is 5.82 Å². The van der Waals surface area contributed by atoms with Crippen LogP contribution in [0.3, 0.4) is 0 Å². The zero-order valence-corrected chi connectivity index (χ0v) is 15.0. The molecule has 1 atom stereocenters. The molecule has 2 aromatic carbocycles. The van der Waals surface area contributed by atoms with E-state index in [-0.39, 0.29) is 30.3 Å². The van der Waals surface area contributed by atoms with E-state index in [9.17, 15) is 14.0 Å². The van der Waals surface area contributed by atoms with Gasteiger partial charge in [-0.2, -0.15) is 0 Å². The van der Waals surface area contributed by atoms with Crippen LogP contribution in [0.25, 0.3) is 0 Å². The lowest BCUT2D eigenvalue weighted by Crippen LogP contribution is -2.44. The molecular weight excluding hydrogens is 351 g/mol. The molecule has 0 bridgehead atoms. The molecule has 3 rings (SSSR count). The molecule has 1 heterocycles. The lowest BCUT2D eigenvalue weighted by molar-refractivity contribution is -0.118. The highest BCUT2D eigenvalue weighted by molar-refractivity contribution is 5.96. The van der Waals surface area contributed by atoms with E-state index in [1.165, 1.54) is 24.3 Å². The van der Waals surface area contributed by atoms with E-state index in [0.717, 1.165) is 0 Å². The van der Waals surface area contributed by atoms with Crippen LogP contribution in [-0.4, -0.2) is 49.1 Å². The minimum absolute atomic E-state index is 0.0300. The highest BCUT2D eigenvalue weighted by Gasteiger charge is 2.22. The number of hydrogen-bond acceptors (Lipinski definition) is 4. The number of hydrogen-bond donors (Lipinski definition) is 1. The Bertz CT molecular complexity index is 793. The van der Waals surface area contributed by atoms with Crippen molar-refractivity contribution in [3.8, 4) is 5.75 Å². The first kappa shape index (κ1) is 18.8. The molecule has 7 heteroatoms. The third kappa shape index (κ3) is 5.27. The number of carbonyl (C=O) groups is 2. The predicted molar refractivity (Wildman–Crippen MR) is 98.3 cm³/mol. The second-order valence-corrected chi connectivity index (χ2v) is 6.30. The fraction of sp³-hybridized carbons (Fsp3) is 0.300. The van der Waals surface area contributed by atoms with Crippen molar-refractivity contribution >= 4 is 17.5 Å². The van der Waals surface area contributed by atoms with E-state index >= 15 is 0 Å². The summed E-state index contributed by atoms with van der Waals surface area (Å²) in [5, 5.41) is 2.69. The van der Waals surface area contributed by atoms with Crippen LogP contribution >= 0.6 is 0 Å². The van der Waals surface area contributed by atoms with Crippen LogP contribution < -0.4 is 10.1 Å². The molecule has 0 aliphatic carbocycles. The van der Waals surface area contributed by atoms with Gasteiger partial charge in [-0.25, -0.2) is 4.39 Å². The molecule has 1 unspecified atom stereocenters. The minimum atomic E-state index is -0.368. The summed E-state index contributed by atoms with van der Waals surface area (Å²) in [6.07, 6.45) is 0.0300. The number of rotatable bonds is 5. The number of halogens is 1. The second kappa shape index (κ2) is 8.64. The van der Waals surface area contributed by atoms with Gasteiger partial charge in [-0.3, -0.25) is 9.59 Å². The Kier molecular flexibility index (Phi) is 6.03. The Morgan fingerprint density at radius 3 is 2.56 bits per heavy atom. The van der Waals surface area contributed by atoms with E-state index in [1.54, 1.807) is 29.2 Å². The quantitative estimate of drug-likeness (QED) is 0.876. The first-order valence-electron chi connectivity index (χ1n) is 8.70. The molecule has 2 aromatic rings. The summed E-state index contributed by atoms with van der Waals surface area (Å²) in [5.74, 6) is -0.358. The summed E-state index contributed by atoms with van der Waals surface area (Å²) < 4.78 is 23.6. The summed E-state index contributed by atoms with van der Waals surface area (Å²) in [7, 11) is 0. The highest BCUT2D eigenvalue weighted by Crippen LogP contribution is 2.15. The van der Waals surface area contributed by atoms with Crippen LogP contribution in [0.2, 0.25) is 0 Å². The smallest absolute Gasteiger partial charge is 0.262 e. The van der Waals surface area contributed by atoms with Crippen molar-refractivity contribution in [2.45, 2.75) is 13.0 Å². The van der Waals surface area contributed by atoms with Gasteiger partial charge in [0.05, 0.1) is 12.7 Å². The van der Waals surface area contributed by atoms with Crippen molar-refractivity contribution in [1.29, 1.82) is 0 Å². The second-order valence-electron chi connectivity index (χ2n) is 6.30. The molecule has 0 aromatic heterocycles. The van der Waals surface area contributed by atoms with Gasteiger partial charge in [-0.15, -0.1) is 0 Å². The number of morpholine rings is 1. The molecule has 1 N–H and O–H groups in total. The Hall–Kier alpha value is -2.93. The van der Waals surface area contributed by atoms with Crippen molar-refractivity contribution in [1.82, 2.24) is 4.90 Å². The average molecular weight is 372 g/mol. The van der Waals surface area contributed by atoms with Crippen LogP contribution in [-0.2, 0) is 9.53 Å². The van der Waals surface area contributed by atoms with Crippen molar-refractivity contribution in [2.75, 3.05) is 31.6 Å². The number of benzene rings is 2. The molecule has 2 amide bonds. The van der Waals surface area contributed by atoms with Gasteiger partial charge in [0, 0.05) is 24.3 Å². The Balaban J connectivity index is 1.51. The van der Waals surface area contributed by atoms with Crippen LogP contribution in [0.5, 0.6) is 5.75 Å². The monoisotopic (exact) mass is 372 g/mol. The van der Waals surface area contributed by atoms with E-state index in [0.29, 0.717) is 36.7 Å². The molecule has 0 radical (unpaired) electrons. The molecule has 6 nitrogen and oxygen atoms in total. The number of ether oxygens (including phenoxy) is 2.